The molecule has 0 fully saturated rings. The van der Waals surface area contributed by atoms with Gasteiger partial charge in [-0.25, -0.2) is 8.78 Å². The van der Waals surface area contributed by atoms with Crippen LogP contribution in [0.4, 0.5) is 8.78 Å². The lowest BCUT2D eigenvalue weighted by molar-refractivity contribution is -0.109. The Balaban J connectivity index is 2.19. The number of rotatable bonds is 4. The van der Waals surface area contributed by atoms with Crippen LogP contribution in [0.25, 0.3) is 0 Å². The van der Waals surface area contributed by atoms with Crippen LogP contribution in [-0.4, -0.2) is 6.29 Å². The van der Waals surface area contributed by atoms with Crippen molar-refractivity contribution in [1.82, 2.24) is 0 Å². The van der Waals surface area contributed by atoms with Crippen LogP contribution in [0.5, 0.6) is 0 Å². The van der Waals surface area contributed by atoms with Crippen LogP contribution in [0.2, 0.25) is 0 Å². The average Bonchev–Trinajstić information content (AvgIpc) is 2.38. The summed E-state index contributed by atoms with van der Waals surface area (Å²) in [5.41, 5.74) is 1.48. The second kappa shape index (κ2) is 5.54. The molecule has 0 aliphatic carbocycles. The van der Waals surface area contributed by atoms with Gasteiger partial charge >= 0.3 is 0 Å². The number of aldehydes is 1. The molecule has 0 heterocycles. The van der Waals surface area contributed by atoms with Crippen molar-refractivity contribution < 1.29 is 13.6 Å². The van der Waals surface area contributed by atoms with Gasteiger partial charge in [-0.2, -0.15) is 0 Å². The molecule has 0 aliphatic rings. The number of carbonyl (C=O) groups is 1. The molecule has 0 spiro atoms. The van der Waals surface area contributed by atoms with Gasteiger partial charge < -0.3 is 4.79 Å². The molecule has 0 N–H and O–H groups in total. The molecule has 1 unspecified atom stereocenters. The first-order valence-electron chi connectivity index (χ1n) is 5.64. The van der Waals surface area contributed by atoms with Crippen molar-refractivity contribution in [2.45, 2.75) is 12.3 Å². The Bertz CT molecular complexity index is 534. The van der Waals surface area contributed by atoms with Gasteiger partial charge in [0.25, 0.3) is 0 Å². The molecule has 0 amide bonds. The van der Waals surface area contributed by atoms with Crippen LogP contribution in [0, 0.1) is 11.6 Å². The topological polar surface area (TPSA) is 17.1 Å². The lowest BCUT2D eigenvalue weighted by atomic mass is 9.93. The van der Waals surface area contributed by atoms with Gasteiger partial charge in [-0.15, -0.1) is 0 Å². The average molecular weight is 246 g/mol. The van der Waals surface area contributed by atoms with E-state index in [-0.39, 0.29) is 11.6 Å². The standard InChI is InChI=1S/C15H12F2O/c16-14-6-4-11(5-7-14)8-13(10-18)12-2-1-3-15(17)9-12/h1-7,9-10,13H,8H2. The molecular formula is C15H12F2O. The summed E-state index contributed by atoms with van der Waals surface area (Å²) < 4.78 is 25.9. The lowest BCUT2D eigenvalue weighted by Crippen LogP contribution is -2.04. The molecule has 2 rings (SSSR count). The van der Waals surface area contributed by atoms with Crippen LogP contribution < -0.4 is 0 Å². The van der Waals surface area contributed by atoms with E-state index in [2.05, 4.69) is 0 Å². The second-order valence-electron chi connectivity index (χ2n) is 4.13. The maximum Gasteiger partial charge on any atom is 0.127 e. The zero-order valence-corrected chi connectivity index (χ0v) is 9.64. The highest BCUT2D eigenvalue weighted by Crippen LogP contribution is 2.20. The van der Waals surface area contributed by atoms with Crippen LogP contribution in [0.3, 0.4) is 0 Å². The third-order valence-corrected chi connectivity index (χ3v) is 2.81. The van der Waals surface area contributed by atoms with Gasteiger partial charge in [0.15, 0.2) is 0 Å². The number of hydrogen-bond acceptors (Lipinski definition) is 1. The fourth-order valence-corrected chi connectivity index (χ4v) is 1.86. The molecule has 0 aromatic heterocycles. The van der Waals surface area contributed by atoms with Crippen LogP contribution in [-0.2, 0) is 11.2 Å². The Hall–Kier alpha value is -2.03. The summed E-state index contributed by atoms with van der Waals surface area (Å²) in [5, 5.41) is 0. The highest BCUT2D eigenvalue weighted by molar-refractivity contribution is 5.62. The van der Waals surface area contributed by atoms with Crippen molar-refractivity contribution >= 4 is 6.29 Å². The minimum absolute atomic E-state index is 0.313. The number of halogens is 2. The highest BCUT2D eigenvalue weighted by atomic mass is 19.1. The molecule has 3 heteroatoms. The molecule has 18 heavy (non-hydrogen) atoms. The third-order valence-electron chi connectivity index (χ3n) is 2.81. The summed E-state index contributed by atoms with van der Waals surface area (Å²) in [4.78, 5) is 11.1. The lowest BCUT2D eigenvalue weighted by Gasteiger charge is -2.10. The van der Waals surface area contributed by atoms with Gasteiger partial charge in [-0.05, 0) is 41.8 Å². The van der Waals surface area contributed by atoms with Gasteiger partial charge in [0.2, 0.25) is 0 Å². The summed E-state index contributed by atoms with van der Waals surface area (Å²) >= 11 is 0. The summed E-state index contributed by atoms with van der Waals surface area (Å²) in [6.45, 7) is 0. The molecule has 92 valence electrons. The van der Waals surface area contributed by atoms with E-state index in [0.29, 0.717) is 12.0 Å². The molecule has 1 atom stereocenters. The quantitative estimate of drug-likeness (QED) is 0.755. The van der Waals surface area contributed by atoms with Crippen molar-refractivity contribution in [2.24, 2.45) is 0 Å². The maximum atomic E-state index is 13.1. The molecule has 1 nitrogen and oxygen atoms in total. The van der Waals surface area contributed by atoms with Crippen molar-refractivity contribution in [3.63, 3.8) is 0 Å². The van der Waals surface area contributed by atoms with E-state index in [1.165, 1.54) is 24.3 Å². The van der Waals surface area contributed by atoms with Crippen LogP contribution >= 0.6 is 0 Å². The van der Waals surface area contributed by atoms with Crippen molar-refractivity contribution in [2.75, 3.05) is 0 Å². The molecule has 0 radical (unpaired) electrons. The summed E-state index contributed by atoms with van der Waals surface area (Å²) in [7, 11) is 0. The SMILES string of the molecule is O=CC(Cc1ccc(F)cc1)c1cccc(F)c1. The summed E-state index contributed by atoms with van der Waals surface area (Å²) in [6.07, 6.45) is 1.23. The van der Waals surface area contributed by atoms with Gasteiger partial charge in [0, 0.05) is 5.92 Å². The number of benzene rings is 2. The smallest absolute Gasteiger partial charge is 0.127 e. The van der Waals surface area contributed by atoms with E-state index in [0.717, 1.165) is 11.8 Å². The Morgan fingerprint density at radius 1 is 1.00 bits per heavy atom. The van der Waals surface area contributed by atoms with Gasteiger partial charge in [-0.1, -0.05) is 24.3 Å². The highest BCUT2D eigenvalue weighted by Gasteiger charge is 2.12. The number of hydrogen-bond donors (Lipinski definition) is 0. The van der Waals surface area contributed by atoms with E-state index < -0.39 is 5.92 Å². The molecule has 0 saturated heterocycles. The fourth-order valence-electron chi connectivity index (χ4n) is 1.86. The van der Waals surface area contributed by atoms with E-state index in [1.54, 1.807) is 24.3 Å². The molecule has 0 saturated carbocycles. The largest absolute Gasteiger partial charge is 0.303 e. The minimum Gasteiger partial charge on any atom is -0.303 e. The fraction of sp³-hybridized carbons (Fsp3) is 0.133. The van der Waals surface area contributed by atoms with Crippen molar-refractivity contribution in [3.8, 4) is 0 Å². The Kier molecular flexibility index (Phi) is 3.82. The van der Waals surface area contributed by atoms with Crippen molar-refractivity contribution in [3.05, 3.63) is 71.3 Å². The van der Waals surface area contributed by atoms with E-state index >= 15 is 0 Å². The predicted molar refractivity (Wildman–Crippen MR) is 65.3 cm³/mol. The first kappa shape index (κ1) is 12.4. The molecule has 2 aromatic carbocycles. The van der Waals surface area contributed by atoms with E-state index in [1.807, 2.05) is 0 Å². The molecular weight excluding hydrogens is 234 g/mol. The van der Waals surface area contributed by atoms with Crippen LogP contribution in [0.1, 0.15) is 17.0 Å². The summed E-state index contributed by atoms with van der Waals surface area (Å²) in [5.74, 6) is -1.09. The zero-order valence-electron chi connectivity index (χ0n) is 9.64. The zero-order chi connectivity index (χ0) is 13.0. The molecule has 2 aromatic rings. The van der Waals surface area contributed by atoms with E-state index in [4.69, 9.17) is 0 Å². The van der Waals surface area contributed by atoms with Gasteiger partial charge in [0.05, 0.1) is 0 Å². The Labute approximate surface area is 104 Å². The molecule has 0 aliphatic heterocycles. The Morgan fingerprint density at radius 2 is 1.72 bits per heavy atom. The van der Waals surface area contributed by atoms with Gasteiger partial charge in [-0.3, -0.25) is 0 Å². The first-order chi connectivity index (χ1) is 8.69. The minimum atomic E-state index is -0.411. The third kappa shape index (κ3) is 3.00. The second-order valence-corrected chi connectivity index (χ2v) is 4.13. The predicted octanol–water partition coefficient (Wildman–Crippen LogP) is 3.49. The first-order valence-corrected chi connectivity index (χ1v) is 5.64. The number of carbonyl (C=O) groups excluding carboxylic acids is 1. The normalized spacial score (nSPS) is 12.1. The molecule has 0 bridgehead atoms. The summed E-state index contributed by atoms with van der Waals surface area (Å²) in [6, 6.07) is 11.9. The monoisotopic (exact) mass is 246 g/mol. The van der Waals surface area contributed by atoms with Crippen LogP contribution in [0.15, 0.2) is 48.5 Å². The van der Waals surface area contributed by atoms with Gasteiger partial charge in [0.1, 0.15) is 17.9 Å². The van der Waals surface area contributed by atoms with E-state index in [9.17, 15) is 13.6 Å². The Morgan fingerprint density at radius 3 is 2.33 bits per heavy atom. The maximum absolute atomic E-state index is 13.1. The van der Waals surface area contributed by atoms with Crippen molar-refractivity contribution in [1.29, 1.82) is 0 Å².